The van der Waals surface area contributed by atoms with Crippen molar-refractivity contribution in [2.45, 2.75) is 25.9 Å². The Kier molecular flexibility index (Phi) is 4.65. The summed E-state index contributed by atoms with van der Waals surface area (Å²) in [7, 11) is 0. The fraction of sp³-hybridized carbons (Fsp3) is 0.304. The van der Waals surface area contributed by atoms with Crippen LogP contribution < -0.4 is 11.1 Å². The van der Waals surface area contributed by atoms with Gasteiger partial charge in [-0.3, -0.25) is 4.79 Å². The van der Waals surface area contributed by atoms with Crippen LogP contribution in [0.3, 0.4) is 0 Å². The molecule has 5 rings (SSSR count). The van der Waals surface area contributed by atoms with Gasteiger partial charge in [-0.1, -0.05) is 47.5 Å². The molecule has 2 unspecified atom stereocenters. The molecule has 1 aromatic heterocycles. The van der Waals surface area contributed by atoms with E-state index in [0.717, 1.165) is 11.1 Å². The molecule has 4 atom stereocenters. The smallest absolute Gasteiger partial charge is 0.229 e. The molecule has 2 saturated carbocycles. The number of halogens is 2. The Hall–Kier alpha value is -2.34. The lowest BCUT2D eigenvalue weighted by atomic mass is 9.97. The van der Waals surface area contributed by atoms with E-state index < -0.39 is 0 Å². The number of nitrogens with one attached hydrogen (secondary N) is 1. The van der Waals surface area contributed by atoms with E-state index in [2.05, 4.69) is 10.3 Å². The standard InChI is InChI=1S/C23H21Cl2N3O2/c1-10-4-2-3-5-12(10)19-20(24)15-8-17(27-9-16(15)22(26)21(19)25)28-23(30)18-13-6-11(29)7-14(13)18/h2-5,8-9,11,13-14,18,29H,6-7,26H2,1H3,(H,27,28,30)/t11?,13-,14+,18?. The number of rotatable bonds is 3. The zero-order chi connectivity index (χ0) is 21.2. The molecule has 0 radical (unpaired) electrons. The third-order valence-corrected chi connectivity index (χ3v) is 7.28. The Labute approximate surface area is 184 Å². The molecule has 2 aliphatic carbocycles. The van der Waals surface area contributed by atoms with E-state index in [4.69, 9.17) is 28.9 Å². The molecular formula is C23H21Cl2N3O2. The number of fused-ring (bicyclic) bond motifs is 2. The second-order valence-electron chi connectivity index (χ2n) is 8.31. The second-order valence-corrected chi connectivity index (χ2v) is 9.07. The second kappa shape index (κ2) is 7.12. The summed E-state index contributed by atoms with van der Waals surface area (Å²) in [6.45, 7) is 1.99. The summed E-state index contributed by atoms with van der Waals surface area (Å²) in [5.74, 6) is 0.898. The topological polar surface area (TPSA) is 88.2 Å². The fourth-order valence-electron chi connectivity index (χ4n) is 4.90. The number of benzene rings is 2. The highest BCUT2D eigenvalue weighted by atomic mass is 35.5. The Morgan fingerprint density at radius 1 is 1.17 bits per heavy atom. The van der Waals surface area contributed by atoms with Gasteiger partial charge in [-0.15, -0.1) is 0 Å². The number of nitrogens with two attached hydrogens (primary N) is 1. The van der Waals surface area contributed by atoms with Gasteiger partial charge in [0.15, 0.2) is 0 Å². The first kappa shape index (κ1) is 19.6. The van der Waals surface area contributed by atoms with Crippen LogP contribution in [0.15, 0.2) is 36.5 Å². The van der Waals surface area contributed by atoms with Gasteiger partial charge in [0.25, 0.3) is 0 Å². The summed E-state index contributed by atoms with van der Waals surface area (Å²) >= 11 is 13.4. The van der Waals surface area contributed by atoms with E-state index in [1.807, 2.05) is 31.2 Å². The van der Waals surface area contributed by atoms with E-state index in [9.17, 15) is 9.90 Å². The van der Waals surface area contributed by atoms with Crippen LogP contribution >= 0.6 is 23.2 Å². The minimum Gasteiger partial charge on any atom is -0.397 e. The SMILES string of the molecule is Cc1ccccc1-c1c(Cl)c(N)c2cnc(NC(=O)C3[C@H]4CC(O)C[C@@H]34)cc2c1Cl. The number of aromatic nitrogens is 1. The first-order valence-electron chi connectivity index (χ1n) is 9.98. The fourth-order valence-corrected chi connectivity index (χ4v) is 5.60. The largest absolute Gasteiger partial charge is 0.397 e. The monoisotopic (exact) mass is 441 g/mol. The number of aliphatic hydroxyl groups is 1. The van der Waals surface area contributed by atoms with E-state index in [1.54, 1.807) is 12.3 Å². The summed E-state index contributed by atoms with van der Waals surface area (Å²) in [5, 5.41) is 14.8. The maximum Gasteiger partial charge on any atom is 0.229 e. The van der Waals surface area contributed by atoms with E-state index >= 15 is 0 Å². The quantitative estimate of drug-likeness (QED) is 0.495. The number of carbonyl (C=O) groups is 1. The van der Waals surface area contributed by atoms with Crippen molar-refractivity contribution in [3.05, 3.63) is 52.1 Å². The molecule has 0 bridgehead atoms. The van der Waals surface area contributed by atoms with Crippen molar-refractivity contribution in [2.75, 3.05) is 11.1 Å². The number of hydrogen-bond donors (Lipinski definition) is 3. The molecule has 2 fully saturated rings. The molecule has 5 nitrogen and oxygen atoms in total. The molecule has 4 N–H and O–H groups in total. The molecule has 7 heteroatoms. The van der Waals surface area contributed by atoms with Gasteiger partial charge in [0.1, 0.15) is 5.82 Å². The number of amides is 1. The highest BCUT2D eigenvalue weighted by Gasteiger charge is 2.59. The number of nitrogen functional groups attached to an aromatic ring is 1. The van der Waals surface area contributed by atoms with Crippen LogP contribution in [-0.4, -0.2) is 22.1 Å². The number of anilines is 2. The number of pyridine rings is 1. The Balaban J connectivity index is 1.53. The molecular weight excluding hydrogens is 421 g/mol. The van der Waals surface area contributed by atoms with E-state index in [0.29, 0.717) is 50.7 Å². The molecule has 2 aliphatic rings. The number of hydrogen-bond acceptors (Lipinski definition) is 4. The zero-order valence-electron chi connectivity index (χ0n) is 16.3. The molecule has 0 aliphatic heterocycles. The molecule has 1 heterocycles. The van der Waals surface area contributed by atoms with Crippen molar-refractivity contribution >= 4 is 51.4 Å². The lowest BCUT2D eigenvalue weighted by Crippen LogP contribution is -2.19. The van der Waals surface area contributed by atoms with Gasteiger partial charge in [0, 0.05) is 28.5 Å². The molecule has 1 amide bonds. The molecule has 2 aromatic carbocycles. The van der Waals surface area contributed by atoms with Crippen molar-refractivity contribution in [2.24, 2.45) is 17.8 Å². The van der Waals surface area contributed by atoms with Gasteiger partial charge >= 0.3 is 0 Å². The Bertz CT molecular complexity index is 1180. The van der Waals surface area contributed by atoms with E-state index in [-0.39, 0.29) is 29.8 Å². The number of aryl methyl sites for hydroxylation is 1. The van der Waals surface area contributed by atoms with Crippen molar-refractivity contribution in [1.29, 1.82) is 0 Å². The van der Waals surface area contributed by atoms with Crippen LogP contribution in [0.1, 0.15) is 18.4 Å². The van der Waals surface area contributed by atoms with Crippen LogP contribution in [-0.2, 0) is 4.79 Å². The summed E-state index contributed by atoms with van der Waals surface area (Å²) in [6.07, 6.45) is 2.73. The molecule has 30 heavy (non-hydrogen) atoms. The maximum absolute atomic E-state index is 12.7. The van der Waals surface area contributed by atoms with Crippen LogP contribution in [0, 0.1) is 24.7 Å². The summed E-state index contributed by atoms with van der Waals surface area (Å²) in [5.41, 5.74) is 9.35. The van der Waals surface area contributed by atoms with Gasteiger partial charge in [-0.25, -0.2) is 4.98 Å². The lowest BCUT2D eigenvalue weighted by molar-refractivity contribution is -0.118. The number of aliphatic hydroxyl groups excluding tert-OH is 1. The Morgan fingerprint density at radius 3 is 2.57 bits per heavy atom. The first-order valence-corrected chi connectivity index (χ1v) is 10.7. The lowest BCUT2D eigenvalue weighted by Gasteiger charge is -2.16. The van der Waals surface area contributed by atoms with Crippen LogP contribution in [0.4, 0.5) is 11.5 Å². The summed E-state index contributed by atoms with van der Waals surface area (Å²) < 4.78 is 0. The normalized spacial score (nSPS) is 24.7. The summed E-state index contributed by atoms with van der Waals surface area (Å²) in [6, 6.07) is 9.57. The van der Waals surface area contributed by atoms with Gasteiger partial charge in [0.2, 0.25) is 5.91 Å². The highest BCUT2D eigenvalue weighted by Crippen LogP contribution is 2.57. The van der Waals surface area contributed by atoms with Crippen molar-refractivity contribution in [3.8, 4) is 11.1 Å². The van der Waals surface area contributed by atoms with Gasteiger partial charge in [-0.2, -0.15) is 0 Å². The van der Waals surface area contributed by atoms with Gasteiger partial charge in [0.05, 0.1) is 21.8 Å². The predicted molar refractivity (Wildman–Crippen MR) is 121 cm³/mol. The number of nitrogens with zero attached hydrogens (tertiary/aromatic N) is 1. The van der Waals surface area contributed by atoms with Crippen LogP contribution in [0.5, 0.6) is 0 Å². The zero-order valence-corrected chi connectivity index (χ0v) is 17.8. The van der Waals surface area contributed by atoms with Gasteiger partial charge < -0.3 is 16.2 Å². The first-order chi connectivity index (χ1) is 14.4. The molecule has 0 saturated heterocycles. The molecule has 0 spiro atoms. The van der Waals surface area contributed by atoms with E-state index in [1.165, 1.54) is 0 Å². The van der Waals surface area contributed by atoms with Crippen molar-refractivity contribution in [3.63, 3.8) is 0 Å². The average Bonchev–Trinajstić information content (AvgIpc) is 3.24. The summed E-state index contributed by atoms with van der Waals surface area (Å²) in [4.78, 5) is 17.0. The average molecular weight is 442 g/mol. The maximum atomic E-state index is 12.7. The molecule has 3 aromatic rings. The van der Waals surface area contributed by atoms with Crippen LogP contribution in [0.2, 0.25) is 10.0 Å². The predicted octanol–water partition coefficient (Wildman–Crippen LogP) is 5.05. The van der Waals surface area contributed by atoms with Gasteiger partial charge in [-0.05, 0) is 48.8 Å². The van der Waals surface area contributed by atoms with Crippen LogP contribution in [0.25, 0.3) is 21.9 Å². The molecule has 154 valence electrons. The number of carbonyl (C=O) groups excluding carboxylic acids is 1. The minimum atomic E-state index is -0.269. The van der Waals surface area contributed by atoms with Crippen molar-refractivity contribution < 1.29 is 9.90 Å². The van der Waals surface area contributed by atoms with Crippen molar-refractivity contribution in [1.82, 2.24) is 4.98 Å². The Morgan fingerprint density at radius 2 is 1.87 bits per heavy atom. The third-order valence-electron chi connectivity index (χ3n) is 6.49. The third kappa shape index (κ3) is 3.04. The highest BCUT2D eigenvalue weighted by molar-refractivity contribution is 6.45. The minimum absolute atomic E-state index is 0.0424.